The number of aryl methyl sites for hydroxylation is 1. The molecule has 1 unspecified atom stereocenters. The maximum absolute atomic E-state index is 13.1. The molecule has 0 aliphatic carbocycles. The Morgan fingerprint density at radius 3 is 2.64 bits per heavy atom. The summed E-state index contributed by atoms with van der Waals surface area (Å²) in [5, 5.41) is 4.65. The van der Waals surface area contributed by atoms with E-state index in [1.54, 1.807) is 4.68 Å². The molecule has 2 aromatic heterocycles. The van der Waals surface area contributed by atoms with E-state index in [1.165, 1.54) is 0 Å². The normalized spacial score (nSPS) is 17.2. The van der Waals surface area contributed by atoms with Crippen LogP contribution in [0.3, 0.4) is 0 Å². The first kappa shape index (κ1) is 15.7. The molecule has 1 fully saturated rings. The van der Waals surface area contributed by atoms with E-state index in [9.17, 15) is 4.79 Å². The molecule has 1 aliphatic rings. The molecule has 1 amide bonds. The first-order valence-electron chi connectivity index (χ1n) is 8.63. The maximum atomic E-state index is 13.1. The summed E-state index contributed by atoms with van der Waals surface area (Å²) in [6, 6.07) is 13.6. The topological polar surface area (TPSA) is 51.3 Å². The number of furan rings is 1. The van der Waals surface area contributed by atoms with Crippen molar-refractivity contribution in [2.24, 2.45) is 5.92 Å². The third kappa shape index (κ3) is 2.97. The number of para-hydroxylation sites is 1. The first-order chi connectivity index (χ1) is 12.1. The van der Waals surface area contributed by atoms with Gasteiger partial charge in [0.1, 0.15) is 11.5 Å². The number of likely N-dealkylation sites (tertiary alicyclic amines) is 1. The predicted octanol–water partition coefficient (Wildman–Crippen LogP) is 3.92. The van der Waals surface area contributed by atoms with Gasteiger partial charge in [0.25, 0.3) is 5.91 Å². The van der Waals surface area contributed by atoms with Crippen LogP contribution in [0.25, 0.3) is 17.1 Å². The van der Waals surface area contributed by atoms with Crippen LogP contribution in [-0.2, 0) is 0 Å². The molecule has 0 N–H and O–H groups in total. The van der Waals surface area contributed by atoms with Gasteiger partial charge in [-0.25, -0.2) is 4.68 Å². The molecule has 5 nitrogen and oxygen atoms in total. The van der Waals surface area contributed by atoms with Crippen molar-refractivity contribution in [2.45, 2.75) is 20.3 Å². The minimum Gasteiger partial charge on any atom is -0.460 e. The minimum absolute atomic E-state index is 0.0237. The van der Waals surface area contributed by atoms with E-state index in [-0.39, 0.29) is 5.91 Å². The van der Waals surface area contributed by atoms with E-state index >= 15 is 0 Å². The van der Waals surface area contributed by atoms with Crippen molar-refractivity contribution >= 4 is 5.91 Å². The standard InChI is InChI=1S/C20H21N3O2/c1-14-10-11-22(12-14)20(24)17-13-23(16-6-4-3-5-7-16)21-19(17)18-9-8-15(2)25-18/h3-9,13-14H,10-12H2,1-2H3. The number of hydrogen-bond acceptors (Lipinski definition) is 3. The van der Waals surface area contributed by atoms with Gasteiger partial charge in [-0.2, -0.15) is 5.10 Å². The van der Waals surface area contributed by atoms with Crippen molar-refractivity contribution in [3.8, 4) is 17.1 Å². The number of carbonyl (C=O) groups is 1. The number of aromatic nitrogens is 2. The molecule has 1 aromatic carbocycles. The van der Waals surface area contributed by atoms with Crippen molar-refractivity contribution < 1.29 is 9.21 Å². The number of nitrogens with zero attached hydrogens (tertiary/aromatic N) is 3. The van der Waals surface area contributed by atoms with Crippen LogP contribution in [0.5, 0.6) is 0 Å². The van der Waals surface area contributed by atoms with E-state index in [1.807, 2.05) is 60.5 Å². The van der Waals surface area contributed by atoms with Crippen molar-refractivity contribution in [3.05, 3.63) is 60.0 Å². The lowest BCUT2D eigenvalue weighted by Gasteiger charge is -2.15. The molecule has 0 saturated carbocycles. The number of carbonyl (C=O) groups excluding carboxylic acids is 1. The lowest BCUT2D eigenvalue weighted by Crippen LogP contribution is -2.28. The van der Waals surface area contributed by atoms with Crippen LogP contribution >= 0.6 is 0 Å². The molecule has 0 bridgehead atoms. The Bertz CT molecular complexity index is 895. The van der Waals surface area contributed by atoms with Crippen LogP contribution in [-0.4, -0.2) is 33.7 Å². The van der Waals surface area contributed by atoms with Crippen molar-refractivity contribution in [1.82, 2.24) is 14.7 Å². The van der Waals surface area contributed by atoms with Gasteiger partial charge in [0.2, 0.25) is 0 Å². The van der Waals surface area contributed by atoms with Gasteiger partial charge in [0.15, 0.2) is 5.76 Å². The van der Waals surface area contributed by atoms with Gasteiger partial charge in [-0.15, -0.1) is 0 Å². The highest BCUT2D eigenvalue weighted by atomic mass is 16.3. The number of rotatable bonds is 3. The van der Waals surface area contributed by atoms with Crippen molar-refractivity contribution in [2.75, 3.05) is 13.1 Å². The molecule has 3 heterocycles. The van der Waals surface area contributed by atoms with E-state index in [0.29, 0.717) is 22.9 Å². The zero-order valence-electron chi connectivity index (χ0n) is 14.5. The summed E-state index contributed by atoms with van der Waals surface area (Å²) < 4.78 is 7.50. The Labute approximate surface area is 146 Å². The monoisotopic (exact) mass is 335 g/mol. The molecule has 1 saturated heterocycles. The Hall–Kier alpha value is -2.82. The molecule has 25 heavy (non-hydrogen) atoms. The lowest BCUT2D eigenvalue weighted by atomic mass is 10.1. The summed E-state index contributed by atoms with van der Waals surface area (Å²) in [4.78, 5) is 15.0. The summed E-state index contributed by atoms with van der Waals surface area (Å²) >= 11 is 0. The molecule has 128 valence electrons. The molecule has 1 aliphatic heterocycles. The maximum Gasteiger partial charge on any atom is 0.257 e. The fourth-order valence-corrected chi connectivity index (χ4v) is 3.28. The second-order valence-corrected chi connectivity index (χ2v) is 6.73. The van der Waals surface area contributed by atoms with Gasteiger partial charge in [-0.3, -0.25) is 4.79 Å². The van der Waals surface area contributed by atoms with Crippen LogP contribution in [0.1, 0.15) is 29.5 Å². The highest BCUT2D eigenvalue weighted by Gasteiger charge is 2.29. The minimum atomic E-state index is 0.0237. The molecule has 3 aromatic rings. The number of hydrogen-bond donors (Lipinski definition) is 0. The number of amides is 1. The van der Waals surface area contributed by atoms with E-state index in [2.05, 4.69) is 12.0 Å². The summed E-state index contributed by atoms with van der Waals surface area (Å²) in [6.45, 7) is 5.66. The fraction of sp³-hybridized carbons (Fsp3) is 0.300. The first-order valence-corrected chi connectivity index (χ1v) is 8.63. The average Bonchev–Trinajstić information content (AvgIpc) is 3.34. The quantitative estimate of drug-likeness (QED) is 0.729. The van der Waals surface area contributed by atoms with Crippen LogP contribution in [0, 0.1) is 12.8 Å². The molecule has 1 atom stereocenters. The highest BCUT2D eigenvalue weighted by Crippen LogP contribution is 2.28. The van der Waals surface area contributed by atoms with Gasteiger partial charge in [-0.05, 0) is 43.5 Å². The molecule has 5 heteroatoms. The highest BCUT2D eigenvalue weighted by molar-refractivity contribution is 5.99. The molecular weight excluding hydrogens is 314 g/mol. The third-order valence-corrected chi connectivity index (χ3v) is 4.65. The Morgan fingerprint density at radius 1 is 1.20 bits per heavy atom. The summed E-state index contributed by atoms with van der Waals surface area (Å²) in [5.74, 6) is 2.00. The van der Waals surface area contributed by atoms with Crippen molar-refractivity contribution in [1.29, 1.82) is 0 Å². The van der Waals surface area contributed by atoms with Crippen LogP contribution < -0.4 is 0 Å². The zero-order chi connectivity index (χ0) is 17.4. The summed E-state index contributed by atoms with van der Waals surface area (Å²) in [5.41, 5.74) is 2.11. The summed E-state index contributed by atoms with van der Waals surface area (Å²) in [6.07, 6.45) is 2.86. The van der Waals surface area contributed by atoms with Crippen LogP contribution in [0.15, 0.2) is 53.1 Å². The summed E-state index contributed by atoms with van der Waals surface area (Å²) in [7, 11) is 0. The fourth-order valence-electron chi connectivity index (χ4n) is 3.28. The van der Waals surface area contributed by atoms with E-state index < -0.39 is 0 Å². The Kier molecular flexibility index (Phi) is 3.92. The molecule has 0 spiro atoms. The average molecular weight is 335 g/mol. The van der Waals surface area contributed by atoms with Gasteiger partial charge in [0, 0.05) is 19.3 Å². The Morgan fingerprint density at radius 2 is 2.00 bits per heavy atom. The van der Waals surface area contributed by atoms with Crippen LogP contribution in [0.4, 0.5) is 0 Å². The van der Waals surface area contributed by atoms with E-state index in [4.69, 9.17) is 4.42 Å². The zero-order valence-corrected chi connectivity index (χ0v) is 14.5. The largest absolute Gasteiger partial charge is 0.460 e. The Balaban J connectivity index is 1.78. The van der Waals surface area contributed by atoms with Crippen LogP contribution in [0.2, 0.25) is 0 Å². The molecule has 4 rings (SSSR count). The van der Waals surface area contributed by atoms with Gasteiger partial charge in [-0.1, -0.05) is 25.1 Å². The van der Waals surface area contributed by atoms with Gasteiger partial charge < -0.3 is 9.32 Å². The van der Waals surface area contributed by atoms with Gasteiger partial charge in [0.05, 0.1) is 11.3 Å². The predicted molar refractivity (Wildman–Crippen MR) is 95.7 cm³/mol. The lowest BCUT2D eigenvalue weighted by molar-refractivity contribution is 0.0788. The SMILES string of the molecule is Cc1ccc(-c2nn(-c3ccccc3)cc2C(=O)N2CCC(C)C2)o1. The van der Waals surface area contributed by atoms with Crippen molar-refractivity contribution in [3.63, 3.8) is 0 Å². The van der Waals surface area contributed by atoms with Gasteiger partial charge >= 0.3 is 0 Å². The second kappa shape index (κ2) is 6.24. The smallest absolute Gasteiger partial charge is 0.257 e. The second-order valence-electron chi connectivity index (χ2n) is 6.73. The van der Waals surface area contributed by atoms with E-state index in [0.717, 1.165) is 31.0 Å². The molecule has 0 radical (unpaired) electrons. The third-order valence-electron chi connectivity index (χ3n) is 4.65. The number of benzene rings is 1. The molecular formula is C20H21N3O2.